The molecule has 0 amide bonds. The monoisotopic (exact) mass is 372 g/mol. The summed E-state index contributed by atoms with van der Waals surface area (Å²) in [7, 11) is 3.69. The topological polar surface area (TPSA) is 68.9 Å². The van der Waals surface area contributed by atoms with Crippen molar-refractivity contribution in [1.82, 2.24) is 4.57 Å². The lowest BCUT2D eigenvalue weighted by Gasteiger charge is -2.34. The Morgan fingerprint density at radius 3 is 2.68 bits per heavy atom. The molecular formula is C22H20N4O2. The Hall–Kier alpha value is -3.51. The van der Waals surface area contributed by atoms with Gasteiger partial charge in [-0.15, -0.1) is 0 Å². The van der Waals surface area contributed by atoms with Crippen LogP contribution in [0.1, 0.15) is 17.3 Å². The maximum absolute atomic E-state index is 6.63. The fourth-order valence-electron chi connectivity index (χ4n) is 3.70. The summed E-state index contributed by atoms with van der Waals surface area (Å²) in [5.41, 5.74) is 10.6. The molecule has 0 saturated heterocycles. The Balaban J connectivity index is 1.68. The second-order valence-electron chi connectivity index (χ2n) is 6.83. The molecule has 1 unspecified atom stereocenters. The van der Waals surface area contributed by atoms with E-state index in [-0.39, 0.29) is 0 Å². The third-order valence-corrected chi connectivity index (χ3v) is 5.20. The Morgan fingerprint density at radius 2 is 1.89 bits per heavy atom. The van der Waals surface area contributed by atoms with Crippen LogP contribution in [0.4, 0.5) is 11.6 Å². The molecule has 1 atom stereocenters. The molecule has 0 aliphatic carbocycles. The number of aliphatic imine (C=N–C) groups is 1. The predicted molar refractivity (Wildman–Crippen MR) is 110 cm³/mol. The van der Waals surface area contributed by atoms with E-state index in [1.165, 1.54) is 5.52 Å². The Kier molecular flexibility index (Phi) is 3.74. The molecule has 2 N–H and O–H groups in total. The molecule has 6 heteroatoms. The fraction of sp³-hybridized carbons (Fsp3) is 0.136. The van der Waals surface area contributed by atoms with Crippen LogP contribution < -0.4 is 15.4 Å². The minimum atomic E-state index is -0.402. The second-order valence-corrected chi connectivity index (χ2v) is 6.83. The van der Waals surface area contributed by atoms with E-state index in [1.807, 2.05) is 42.3 Å². The number of ether oxygens (including phenoxy) is 1. The van der Waals surface area contributed by atoms with Gasteiger partial charge in [0.25, 0.3) is 0 Å². The Labute approximate surface area is 162 Å². The molecule has 0 radical (unpaired) electrons. The van der Waals surface area contributed by atoms with Crippen LogP contribution in [0.2, 0.25) is 0 Å². The quantitative estimate of drug-likeness (QED) is 0.581. The smallest absolute Gasteiger partial charge is 0.227 e. The van der Waals surface area contributed by atoms with Crippen molar-refractivity contribution in [2.75, 3.05) is 12.0 Å². The van der Waals surface area contributed by atoms with Crippen molar-refractivity contribution < 1.29 is 9.15 Å². The van der Waals surface area contributed by atoms with Gasteiger partial charge in [0.15, 0.2) is 0 Å². The van der Waals surface area contributed by atoms with Gasteiger partial charge in [-0.25, -0.2) is 0 Å². The van der Waals surface area contributed by atoms with Crippen molar-refractivity contribution >= 4 is 28.3 Å². The number of amidine groups is 1. The highest BCUT2D eigenvalue weighted by molar-refractivity contribution is 6.13. The van der Waals surface area contributed by atoms with Crippen LogP contribution in [0.25, 0.3) is 10.9 Å². The number of aryl methyl sites for hydroxylation is 1. The summed E-state index contributed by atoms with van der Waals surface area (Å²) in [5, 5.41) is 1.15. The summed E-state index contributed by atoms with van der Waals surface area (Å²) in [6.45, 7) is 0. The summed E-state index contributed by atoms with van der Waals surface area (Å²) < 4.78 is 13.0. The molecule has 0 spiro atoms. The SMILES string of the molecule is COc1ccc(N2C(c3ccc4c(ccn4C)c3)=Nc3occc3C2N)cc1. The molecular weight excluding hydrogens is 352 g/mol. The van der Waals surface area contributed by atoms with E-state index in [1.54, 1.807) is 13.4 Å². The summed E-state index contributed by atoms with van der Waals surface area (Å²) in [6.07, 6.45) is 3.28. The van der Waals surface area contributed by atoms with Crippen LogP contribution in [0.3, 0.4) is 0 Å². The van der Waals surface area contributed by atoms with Gasteiger partial charge in [0.1, 0.15) is 17.8 Å². The molecule has 0 bridgehead atoms. The molecule has 0 fully saturated rings. The van der Waals surface area contributed by atoms with Crippen molar-refractivity contribution in [3.8, 4) is 5.75 Å². The number of rotatable bonds is 3. The zero-order valence-corrected chi connectivity index (χ0v) is 15.7. The highest BCUT2D eigenvalue weighted by Crippen LogP contribution is 2.38. The lowest BCUT2D eigenvalue weighted by Crippen LogP contribution is -2.41. The normalized spacial score (nSPS) is 16.2. The minimum absolute atomic E-state index is 0.402. The number of fused-ring (bicyclic) bond motifs is 2. The van der Waals surface area contributed by atoms with Crippen LogP contribution in [0.15, 0.2) is 76.5 Å². The van der Waals surface area contributed by atoms with E-state index in [4.69, 9.17) is 19.9 Å². The van der Waals surface area contributed by atoms with Crippen molar-refractivity contribution in [1.29, 1.82) is 0 Å². The first-order valence-electron chi connectivity index (χ1n) is 9.06. The third kappa shape index (κ3) is 2.50. The first kappa shape index (κ1) is 16.6. The number of nitrogens with two attached hydrogens (primary N) is 1. The first-order chi connectivity index (χ1) is 13.7. The average molecular weight is 372 g/mol. The number of hydrogen-bond donors (Lipinski definition) is 1. The number of aromatic nitrogens is 1. The highest BCUT2D eigenvalue weighted by atomic mass is 16.5. The van der Waals surface area contributed by atoms with Gasteiger partial charge in [-0.3, -0.25) is 0 Å². The third-order valence-electron chi connectivity index (χ3n) is 5.20. The lowest BCUT2D eigenvalue weighted by molar-refractivity contribution is 0.415. The molecule has 5 rings (SSSR count). The van der Waals surface area contributed by atoms with Gasteiger partial charge >= 0.3 is 0 Å². The zero-order chi connectivity index (χ0) is 19.3. The summed E-state index contributed by atoms with van der Waals surface area (Å²) >= 11 is 0. The van der Waals surface area contributed by atoms with Gasteiger partial charge in [-0.05, 0) is 54.6 Å². The van der Waals surface area contributed by atoms with Crippen molar-refractivity contribution in [2.45, 2.75) is 6.17 Å². The fourth-order valence-corrected chi connectivity index (χ4v) is 3.70. The molecule has 28 heavy (non-hydrogen) atoms. The number of benzene rings is 2. The van der Waals surface area contributed by atoms with E-state index in [0.717, 1.165) is 33.8 Å². The van der Waals surface area contributed by atoms with Crippen LogP contribution in [0.5, 0.6) is 5.75 Å². The first-order valence-corrected chi connectivity index (χ1v) is 9.06. The van der Waals surface area contributed by atoms with Crippen molar-refractivity contribution in [3.63, 3.8) is 0 Å². The van der Waals surface area contributed by atoms with E-state index >= 15 is 0 Å². The van der Waals surface area contributed by atoms with Gasteiger partial charge in [0, 0.05) is 35.4 Å². The van der Waals surface area contributed by atoms with Crippen LogP contribution in [0, 0.1) is 0 Å². The molecule has 6 nitrogen and oxygen atoms in total. The van der Waals surface area contributed by atoms with Crippen LogP contribution >= 0.6 is 0 Å². The maximum Gasteiger partial charge on any atom is 0.227 e. The average Bonchev–Trinajstić information content (AvgIpc) is 3.35. The predicted octanol–water partition coefficient (Wildman–Crippen LogP) is 4.34. The molecule has 2 aromatic carbocycles. The van der Waals surface area contributed by atoms with Gasteiger partial charge in [0.05, 0.1) is 18.9 Å². The Morgan fingerprint density at radius 1 is 1.07 bits per heavy atom. The minimum Gasteiger partial charge on any atom is -0.497 e. The number of furan rings is 1. The molecule has 3 heterocycles. The van der Waals surface area contributed by atoms with Gasteiger partial charge in [0.2, 0.25) is 5.88 Å². The van der Waals surface area contributed by atoms with E-state index in [2.05, 4.69) is 35.0 Å². The molecule has 4 aromatic rings. The number of methoxy groups -OCH3 is 1. The molecule has 1 aliphatic rings. The largest absolute Gasteiger partial charge is 0.497 e. The van der Waals surface area contributed by atoms with Gasteiger partial charge in [-0.1, -0.05) is 0 Å². The van der Waals surface area contributed by atoms with E-state index in [0.29, 0.717) is 5.88 Å². The maximum atomic E-state index is 6.63. The van der Waals surface area contributed by atoms with Gasteiger partial charge < -0.3 is 24.4 Å². The molecule has 2 aromatic heterocycles. The second kappa shape index (κ2) is 6.28. The Bertz CT molecular complexity index is 1190. The molecule has 140 valence electrons. The summed E-state index contributed by atoms with van der Waals surface area (Å²) in [6, 6.07) is 18.1. The zero-order valence-electron chi connectivity index (χ0n) is 15.7. The summed E-state index contributed by atoms with van der Waals surface area (Å²) in [5.74, 6) is 2.11. The summed E-state index contributed by atoms with van der Waals surface area (Å²) in [4.78, 5) is 6.83. The van der Waals surface area contributed by atoms with Crippen LogP contribution in [-0.4, -0.2) is 17.5 Å². The van der Waals surface area contributed by atoms with E-state index < -0.39 is 6.17 Å². The van der Waals surface area contributed by atoms with Crippen LogP contribution in [-0.2, 0) is 7.05 Å². The number of anilines is 1. The number of nitrogens with zero attached hydrogens (tertiary/aromatic N) is 3. The standard InChI is InChI=1S/C22H20N4O2/c1-25-11-9-14-13-15(3-8-19(14)25)21-24-22-18(10-12-28-22)20(23)26(21)16-4-6-17(27-2)7-5-16/h3-13,20H,23H2,1-2H3. The molecule has 1 aliphatic heterocycles. The van der Waals surface area contributed by atoms with Crippen molar-refractivity contribution in [2.24, 2.45) is 17.8 Å². The van der Waals surface area contributed by atoms with Crippen molar-refractivity contribution in [3.05, 3.63) is 78.2 Å². The number of hydrogen-bond acceptors (Lipinski definition) is 5. The molecule has 0 saturated carbocycles. The van der Waals surface area contributed by atoms with E-state index in [9.17, 15) is 0 Å². The van der Waals surface area contributed by atoms with Gasteiger partial charge in [-0.2, -0.15) is 4.99 Å². The highest BCUT2D eigenvalue weighted by Gasteiger charge is 2.31. The lowest BCUT2D eigenvalue weighted by atomic mass is 10.1.